The van der Waals surface area contributed by atoms with Gasteiger partial charge in [0.15, 0.2) is 0 Å². The summed E-state index contributed by atoms with van der Waals surface area (Å²) in [5, 5.41) is 6.64. The Labute approximate surface area is 147 Å². The zero-order chi connectivity index (χ0) is 18.9. The van der Waals surface area contributed by atoms with Crippen LogP contribution in [0.3, 0.4) is 0 Å². The molecule has 0 saturated carbocycles. The van der Waals surface area contributed by atoms with Crippen molar-refractivity contribution in [3.05, 3.63) is 47.7 Å². The van der Waals surface area contributed by atoms with Gasteiger partial charge in [0.2, 0.25) is 11.8 Å². The van der Waals surface area contributed by atoms with Crippen LogP contribution in [0, 0.1) is 5.92 Å². The van der Waals surface area contributed by atoms with Crippen LogP contribution in [0.4, 0.5) is 19.0 Å². The number of hydrogen-bond acceptors (Lipinski definition) is 3. The minimum Gasteiger partial charge on any atom is -0.338 e. The molecule has 3 rings (SSSR count). The zero-order valence-corrected chi connectivity index (χ0v) is 14.0. The van der Waals surface area contributed by atoms with Crippen LogP contribution in [-0.2, 0) is 29.4 Å². The number of alkyl halides is 3. The van der Waals surface area contributed by atoms with Crippen LogP contribution in [0.1, 0.15) is 17.5 Å². The molecule has 6 nitrogen and oxygen atoms in total. The first kappa shape index (κ1) is 18.0. The Bertz CT molecular complexity index is 831. The minimum absolute atomic E-state index is 0.0304. The molecule has 1 atom stereocenters. The van der Waals surface area contributed by atoms with E-state index in [1.54, 1.807) is 13.1 Å². The fourth-order valence-corrected chi connectivity index (χ4v) is 2.89. The second-order valence-corrected chi connectivity index (χ2v) is 6.20. The molecule has 2 aromatic rings. The lowest BCUT2D eigenvalue weighted by atomic mass is 10.1. The highest BCUT2D eigenvalue weighted by atomic mass is 19.4. The third-order valence-electron chi connectivity index (χ3n) is 4.29. The fourth-order valence-electron chi connectivity index (χ4n) is 2.89. The van der Waals surface area contributed by atoms with Crippen molar-refractivity contribution in [3.63, 3.8) is 0 Å². The molecule has 9 heteroatoms. The Hall–Kier alpha value is -2.84. The summed E-state index contributed by atoms with van der Waals surface area (Å²) in [7, 11) is 1.68. The first-order valence-corrected chi connectivity index (χ1v) is 7.97. The van der Waals surface area contributed by atoms with Gasteiger partial charge in [-0.2, -0.15) is 18.3 Å². The normalized spacial score (nSPS) is 17.6. The minimum atomic E-state index is -4.43. The van der Waals surface area contributed by atoms with E-state index in [1.807, 2.05) is 0 Å². The summed E-state index contributed by atoms with van der Waals surface area (Å²) in [6.07, 6.45) is -2.87. The van der Waals surface area contributed by atoms with Gasteiger partial charge in [0.1, 0.15) is 5.82 Å². The van der Waals surface area contributed by atoms with E-state index in [1.165, 1.54) is 27.9 Å². The molecule has 1 N–H and O–H groups in total. The molecular formula is C17H17F3N4O2. The lowest BCUT2D eigenvalue weighted by molar-refractivity contribution is -0.137. The van der Waals surface area contributed by atoms with Gasteiger partial charge >= 0.3 is 6.18 Å². The molecule has 1 saturated heterocycles. The maximum Gasteiger partial charge on any atom is 0.416 e. The van der Waals surface area contributed by atoms with Gasteiger partial charge < -0.3 is 10.2 Å². The van der Waals surface area contributed by atoms with E-state index < -0.39 is 17.7 Å². The van der Waals surface area contributed by atoms with Gasteiger partial charge in [-0.1, -0.05) is 12.1 Å². The van der Waals surface area contributed by atoms with Crippen LogP contribution in [0.2, 0.25) is 0 Å². The van der Waals surface area contributed by atoms with Gasteiger partial charge in [0.25, 0.3) is 0 Å². The summed E-state index contributed by atoms with van der Waals surface area (Å²) < 4.78 is 39.9. The van der Waals surface area contributed by atoms with Crippen molar-refractivity contribution in [2.75, 3.05) is 11.9 Å². The van der Waals surface area contributed by atoms with Crippen molar-refractivity contribution in [3.8, 4) is 0 Å². The van der Waals surface area contributed by atoms with Crippen LogP contribution in [-0.4, -0.2) is 33.0 Å². The molecule has 0 aliphatic carbocycles. The molecule has 1 aromatic carbocycles. The topological polar surface area (TPSA) is 67.2 Å². The van der Waals surface area contributed by atoms with Crippen molar-refractivity contribution in [1.29, 1.82) is 0 Å². The van der Waals surface area contributed by atoms with Crippen LogP contribution in [0.15, 0.2) is 36.5 Å². The summed E-state index contributed by atoms with van der Waals surface area (Å²) in [5.74, 6) is -0.608. The predicted molar refractivity (Wildman–Crippen MR) is 86.8 cm³/mol. The van der Waals surface area contributed by atoms with E-state index in [-0.39, 0.29) is 31.3 Å². The highest BCUT2D eigenvalue weighted by molar-refractivity contribution is 5.96. The van der Waals surface area contributed by atoms with E-state index in [0.717, 1.165) is 12.1 Å². The standard InChI is InChI=1S/C17H17F3N4O2/c1-23-14(5-6-21-23)22-16(26)12-8-15(25)24(10-12)9-11-3-2-4-13(7-11)17(18,19)20/h2-7,12H,8-10H2,1H3,(H,22,26). The molecule has 138 valence electrons. The fraction of sp³-hybridized carbons (Fsp3) is 0.353. The maximum absolute atomic E-state index is 12.8. The smallest absolute Gasteiger partial charge is 0.338 e. The number of amides is 2. The maximum atomic E-state index is 12.8. The Morgan fingerprint density at radius 1 is 1.35 bits per heavy atom. The third kappa shape index (κ3) is 3.87. The van der Waals surface area contributed by atoms with E-state index >= 15 is 0 Å². The molecule has 0 spiro atoms. The van der Waals surface area contributed by atoms with Crippen LogP contribution < -0.4 is 5.32 Å². The number of anilines is 1. The Kier molecular flexibility index (Phi) is 4.71. The molecule has 0 radical (unpaired) electrons. The van der Waals surface area contributed by atoms with Crippen molar-refractivity contribution < 1.29 is 22.8 Å². The molecule has 1 aliphatic heterocycles. The molecule has 26 heavy (non-hydrogen) atoms. The van der Waals surface area contributed by atoms with Gasteiger partial charge in [0, 0.05) is 32.6 Å². The number of rotatable bonds is 4. The number of carbonyl (C=O) groups is 2. The van der Waals surface area contributed by atoms with Crippen molar-refractivity contribution in [2.45, 2.75) is 19.1 Å². The number of likely N-dealkylation sites (tertiary alicyclic amines) is 1. The number of aryl methyl sites for hydroxylation is 1. The van der Waals surface area contributed by atoms with Crippen LogP contribution in [0.5, 0.6) is 0 Å². The zero-order valence-electron chi connectivity index (χ0n) is 14.0. The SMILES string of the molecule is Cn1nccc1NC(=O)C1CC(=O)N(Cc2cccc(C(F)(F)F)c2)C1. The predicted octanol–water partition coefficient (Wildman–Crippen LogP) is 2.43. The molecule has 2 amide bonds. The summed E-state index contributed by atoms with van der Waals surface area (Å²) in [6.45, 7) is 0.205. The molecule has 1 unspecified atom stereocenters. The highest BCUT2D eigenvalue weighted by Crippen LogP contribution is 2.30. The molecule has 1 aromatic heterocycles. The number of aromatic nitrogens is 2. The van der Waals surface area contributed by atoms with Crippen LogP contribution in [0.25, 0.3) is 0 Å². The molecule has 1 fully saturated rings. The number of benzene rings is 1. The van der Waals surface area contributed by atoms with Gasteiger partial charge in [-0.25, -0.2) is 0 Å². The summed E-state index contributed by atoms with van der Waals surface area (Å²) in [5.41, 5.74) is -0.381. The Morgan fingerprint density at radius 3 is 2.77 bits per heavy atom. The summed E-state index contributed by atoms with van der Waals surface area (Å²) in [6, 6.07) is 6.49. The third-order valence-corrected chi connectivity index (χ3v) is 4.29. The number of halogens is 3. The largest absolute Gasteiger partial charge is 0.416 e. The first-order valence-electron chi connectivity index (χ1n) is 7.97. The number of nitrogens with zero attached hydrogens (tertiary/aromatic N) is 3. The first-order chi connectivity index (χ1) is 12.2. The van der Waals surface area contributed by atoms with Crippen molar-refractivity contribution in [2.24, 2.45) is 13.0 Å². The highest BCUT2D eigenvalue weighted by Gasteiger charge is 2.35. The average Bonchev–Trinajstić information content (AvgIpc) is 3.13. The van der Waals surface area contributed by atoms with E-state index in [0.29, 0.717) is 11.4 Å². The average molecular weight is 366 g/mol. The van der Waals surface area contributed by atoms with E-state index in [2.05, 4.69) is 10.4 Å². The number of hydrogen-bond donors (Lipinski definition) is 1. The summed E-state index contributed by atoms with van der Waals surface area (Å²) in [4.78, 5) is 25.9. The Morgan fingerprint density at radius 2 is 2.12 bits per heavy atom. The second kappa shape index (κ2) is 6.81. The van der Waals surface area contributed by atoms with Crippen LogP contribution >= 0.6 is 0 Å². The van der Waals surface area contributed by atoms with Crippen molar-refractivity contribution >= 4 is 17.6 Å². The second-order valence-electron chi connectivity index (χ2n) is 6.20. The summed E-state index contributed by atoms with van der Waals surface area (Å²) >= 11 is 0. The Balaban J connectivity index is 1.65. The van der Waals surface area contributed by atoms with Gasteiger partial charge in [0.05, 0.1) is 17.7 Å². The van der Waals surface area contributed by atoms with Crippen molar-refractivity contribution in [1.82, 2.24) is 14.7 Å². The van der Waals surface area contributed by atoms with E-state index in [9.17, 15) is 22.8 Å². The molecule has 0 bridgehead atoms. The quantitative estimate of drug-likeness (QED) is 0.904. The lowest BCUT2D eigenvalue weighted by Gasteiger charge is -2.17. The number of carbonyl (C=O) groups excluding carboxylic acids is 2. The number of nitrogens with one attached hydrogen (secondary N) is 1. The lowest BCUT2D eigenvalue weighted by Crippen LogP contribution is -2.28. The van der Waals surface area contributed by atoms with Gasteiger partial charge in [-0.15, -0.1) is 0 Å². The van der Waals surface area contributed by atoms with Gasteiger partial charge in [-0.05, 0) is 17.7 Å². The molecular weight excluding hydrogens is 349 g/mol. The molecule has 2 heterocycles. The van der Waals surface area contributed by atoms with E-state index in [4.69, 9.17) is 0 Å². The molecule has 1 aliphatic rings. The monoisotopic (exact) mass is 366 g/mol. The van der Waals surface area contributed by atoms with Gasteiger partial charge in [-0.3, -0.25) is 14.3 Å².